The van der Waals surface area contributed by atoms with Crippen LogP contribution in [0.1, 0.15) is 5.69 Å². The Morgan fingerprint density at radius 2 is 2.15 bits per heavy atom. The molecule has 0 saturated carbocycles. The van der Waals surface area contributed by atoms with Gasteiger partial charge in [0.05, 0.1) is 0 Å². The molecule has 1 aromatic carbocycles. The van der Waals surface area contributed by atoms with E-state index in [0.717, 1.165) is 10.8 Å². The van der Waals surface area contributed by atoms with Gasteiger partial charge in [-0.25, -0.2) is 0 Å². The third-order valence-electron chi connectivity index (χ3n) is 2.27. The molecule has 68 valence electrons. The van der Waals surface area contributed by atoms with Crippen LogP contribution in [0, 0.1) is 0 Å². The van der Waals surface area contributed by atoms with Crippen molar-refractivity contribution in [3.05, 3.63) is 35.0 Å². The highest BCUT2D eigenvalue weighted by Gasteiger charge is 2.03. The fourth-order valence-electron chi connectivity index (χ4n) is 1.53. The van der Waals surface area contributed by atoms with Gasteiger partial charge in [-0.2, -0.15) is 12.6 Å². The minimum atomic E-state index is 0.753. The van der Waals surface area contributed by atoms with Crippen LogP contribution in [0.5, 0.6) is 0 Å². The molecule has 2 rings (SSSR count). The van der Waals surface area contributed by atoms with Crippen LogP contribution in [0.2, 0.25) is 5.02 Å². The Bertz CT molecular complexity index is 447. The van der Waals surface area contributed by atoms with Crippen molar-refractivity contribution < 1.29 is 0 Å². The van der Waals surface area contributed by atoms with E-state index in [1.807, 2.05) is 25.2 Å². The van der Waals surface area contributed by atoms with Gasteiger partial charge in [0.1, 0.15) is 0 Å². The van der Waals surface area contributed by atoms with Crippen molar-refractivity contribution in [3.8, 4) is 0 Å². The van der Waals surface area contributed by atoms with Crippen molar-refractivity contribution >= 4 is 35.1 Å². The number of hydrogen-bond donors (Lipinski definition) is 1. The maximum atomic E-state index is 5.90. The summed E-state index contributed by atoms with van der Waals surface area (Å²) in [7, 11) is 2.04. The highest BCUT2D eigenvalue weighted by Crippen LogP contribution is 2.23. The molecule has 1 nitrogen and oxygen atoms in total. The highest BCUT2D eigenvalue weighted by molar-refractivity contribution is 7.79. The van der Waals surface area contributed by atoms with Gasteiger partial charge in [0, 0.05) is 34.4 Å². The first-order valence-electron chi connectivity index (χ1n) is 4.07. The number of aromatic nitrogens is 1. The molecule has 0 amide bonds. The number of fused-ring (bicyclic) bond motifs is 1. The van der Waals surface area contributed by atoms with Crippen LogP contribution < -0.4 is 0 Å². The zero-order valence-corrected chi connectivity index (χ0v) is 8.94. The molecule has 0 aliphatic rings. The summed E-state index contributed by atoms with van der Waals surface area (Å²) in [6.07, 6.45) is 0. The summed E-state index contributed by atoms with van der Waals surface area (Å²) in [5.74, 6) is 0.753. The standard InChI is InChI=1S/C10H10ClNS/c1-12-9(6-13)5-7-4-8(11)2-3-10(7)12/h2-5,13H,6H2,1H3. The lowest BCUT2D eigenvalue weighted by Gasteiger charge is -1.99. The van der Waals surface area contributed by atoms with E-state index in [2.05, 4.69) is 23.3 Å². The van der Waals surface area contributed by atoms with Crippen molar-refractivity contribution in [3.63, 3.8) is 0 Å². The highest BCUT2D eigenvalue weighted by atomic mass is 35.5. The molecule has 1 heterocycles. The van der Waals surface area contributed by atoms with Crippen molar-refractivity contribution in [2.75, 3.05) is 0 Å². The van der Waals surface area contributed by atoms with Crippen LogP contribution >= 0.6 is 24.2 Å². The summed E-state index contributed by atoms with van der Waals surface area (Å²) in [4.78, 5) is 0. The third-order valence-corrected chi connectivity index (χ3v) is 2.82. The summed E-state index contributed by atoms with van der Waals surface area (Å²) < 4.78 is 2.14. The number of halogens is 1. The van der Waals surface area contributed by atoms with Crippen LogP contribution in [0.15, 0.2) is 24.3 Å². The van der Waals surface area contributed by atoms with Gasteiger partial charge in [-0.3, -0.25) is 0 Å². The number of nitrogens with zero attached hydrogens (tertiary/aromatic N) is 1. The molecular weight excluding hydrogens is 202 g/mol. The quantitative estimate of drug-likeness (QED) is 0.691. The fourth-order valence-corrected chi connectivity index (χ4v) is 2.01. The normalized spacial score (nSPS) is 11.0. The number of thiol groups is 1. The lowest BCUT2D eigenvalue weighted by molar-refractivity contribution is 0.911. The van der Waals surface area contributed by atoms with Crippen molar-refractivity contribution in [2.45, 2.75) is 5.75 Å². The molecule has 0 aliphatic heterocycles. The number of hydrogen-bond acceptors (Lipinski definition) is 1. The van der Waals surface area contributed by atoms with E-state index in [9.17, 15) is 0 Å². The molecule has 0 fully saturated rings. The zero-order valence-electron chi connectivity index (χ0n) is 7.29. The summed E-state index contributed by atoms with van der Waals surface area (Å²) in [5.41, 5.74) is 2.41. The second-order valence-electron chi connectivity index (χ2n) is 3.06. The molecule has 13 heavy (non-hydrogen) atoms. The molecular formula is C10H10ClNS. The molecule has 0 spiro atoms. The first-order valence-corrected chi connectivity index (χ1v) is 5.08. The molecule has 0 radical (unpaired) electrons. The second kappa shape index (κ2) is 3.28. The van der Waals surface area contributed by atoms with Crippen LogP contribution in [-0.4, -0.2) is 4.57 Å². The molecule has 3 heteroatoms. The lowest BCUT2D eigenvalue weighted by atomic mass is 10.2. The SMILES string of the molecule is Cn1c(CS)cc2cc(Cl)ccc21. The summed E-state index contributed by atoms with van der Waals surface area (Å²) in [6.45, 7) is 0. The van der Waals surface area contributed by atoms with Crippen molar-refractivity contribution in [1.29, 1.82) is 0 Å². The van der Waals surface area contributed by atoms with Gasteiger partial charge in [-0.1, -0.05) is 11.6 Å². The Balaban J connectivity index is 2.76. The Labute approximate surface area is 87.7 Å². The second-order valence-corrected chi connectivity index (χ2v) is 3.81. The molecule has 0 aliphatic carbocycles. The van der Waals surface area contributed by atoms with Crippen molar-refractivity contribution in [1.82, 2.24) is 4.57 Å². The minimum Gasteiger partial charge on any atom is -0.347 e. The monoisotopic (exact) mass is 211 g/mol. The summed E-state index contributed by atoms with van der Waals surface area (Å²) >= 11 is 10.2. The predicted octanol–water partition coefficient (Wildman–Crippen LogP) is 3.26. The van der Waals surface area contributed by atoms with Crippen LogP contribution in [0.4, 0.5) is 0 Å². The molecule has 0 bridgehead atoms. The Hall–Kier alpha value is -0.600. The van der Waals surface area contributed by atoms with Gasteiger partial charge in [0.25, 0.3) is 0 Å². The molecule has 0 unspecified atom stereocenters. The van der Waals surface area contributed by atoms with Gasteiger partial charge in [0.2, 0.25) is 0 Å². The Kier molecular flexibility index (Phi) is 2.26. The average molecular weight is 212 g/mol. The Morgan fingerprint density at radius 1 is 1.38 bits per heavy atom. The van der Waals surface area contributed by atoms with Crippen LogP contribution in [0.25, 0.3) is 10.9 Å². The number of benzene rings is 1. The van der Waals surface area contributed by atoms with Gasteiger partial charge in [0.15, 0.2) is 0 Å². The van der Waals surface area contributed by atoms with Crippen molar-refractivity contribution in [2.24, 2.45) is 7.05 Å². The van der Waals surface area contributed by atoms with E-state index in [4.69, 9.17) is 11.6 Å². The maximum Gasteiger partial charge on any atom is 0.0481 e. The van der Waals surface area contributed by atoms with E-state index in [1.54, 1.807) is 0 Å². The topological polar surface area (TPSA) is 4.93 Å². The van der Waals surface area contributed by atoms with Crippen LogP contribution in [0.3, 0.4) is 0 Å². The van der Waals surface area contributed by atoms with E-state index in [1.165, 1.54) is 16.6 Å². The van der Waals surface area contributed by atoms with Gasteiger partial charge in [-0.15, -0.1) is 0 Å². The van der Waals surface area contributed by atoms with Gasteiger partial charge in [-0.05, 0) is 24.3 Å². The molecule has 0 saturated heterocycles. The van der Waals surface area contributed by atoms with E-state index in [-0.39, 0.29) is 0 Å². The largest absolute Gasteiger partial charge is 0.347 e. The zero-order chi connectivity index (χ0) is 9.42. The van der Waals surface area contributed by atoms with Crippen LogP contribution in [-0.2, 0) is 12.8 Å². The van der Waals surface area contributed by atoms with Gasteiger partial charge >= 0.3 is 0 Å². The first kappa shape index (κ1) is 8.97. The number of aryl methyl sites for hydroxylation is 1. The molecule has 0 N–H and O–H groups in total. The maximum absolute atomic E-state index is 5.90. The first-order chi connectivity index (χ1) is 6.22. The summed E-state index contributed by atoms with van der Waals surface area (Å²) in [6, 6.07) is 8.04. The molecule has 0 atom stereocenters. The van der Waals surface area contributed by atoms with E-state index >= 15 is 0 Å². The lowest BCUT2D eigenvalue weighted by Crippen LogP contribution is -1.91. The summed E-state index contributed by atoms with van der Waals surface area (Å²) in [5, 5.41) is 1.96. The third kappa shape index (κ3) is 1.45. The fraction of sp³-hybridized carbons (Fsp3) is 0.200. The minimum absolute atomic E-state index is 0.753. The van der Waals surface area contributed by atoms with Gasteiger partial charge < -0.3 is 4.57 Å². The van der Waals surface area contributed by atoms with E-state index in [0.29, 0.717) is 0 Å². The smallest absolute Gasteiger partial charge is 0.0481 e. The molecule has 2 aromatic rings. The Morgan fingerprint density at radius 3 is 2.85 bits per heavy atom. The average Bonchev–Trinajstić information content (AvgIpc) is 2.42. The number of rotatable bonds is 1. The molecule has 1 aromatic heterocycles. The van der Waals surface area contributed by atoms with E-state index < -0.39 is 0 Å². The predicted molar refractivity (Wildman–Crippen MR) is 60.6 cm³/mol.